The first-order chi connectivity index (χ1) is 6.18. The molecular formula is C9H20N2O2S. The average Bonchev–Trinajstić information content (AvgIpc) is 1.76. The fourth-order valence-corrected chi connectivity index (χ4v) is 3.55. The summed E-state index contributed by atoms with van der Waals surface area (Å²) in [5.74, 6) is 0.172. The molecule has 0 saturated heterocycles. The van der Waals surface area contributed by atoms with Gasteiger partial charge in [-0.2, -0.15) is 0 Å². The Balaban J connectivity index is 2.43. The third kappa shape index (κ3) is 3.94. The van der Waals surface area contributed by atoms with Gasteiger partial charge < -0.3 is 5.73 Å². The molecule has 3 N–H and O–H groups in total. The monoisotopic (exact) mass is 220 g/mol. The van der Waals surface area contributed by atoms with Gasteiger partial charge in [0.1, 0.15) is 0 Å². The van der Waals surface area contributed by atoms with Crippen molar-refractivity contribution in [1.29, 1.82) is 0 Å². The number of hydrogen-bond acceptors (Lipinski definition) is 3. The van der Waals surface area contributed by atoms with E-state index >= 15 is 0 Å². The van der Waals surface area contributed by atoms with Crippen molar-refractivity contribution in [3.05, 3.63) is 0 Å². The Labute approximate surface area is 86.3 Å². The molecule has 0 aromatic carbocycles. The Morgan fingerprint density at radius 3 is 2.21 bits per heavy atom. The van der Waals surface area contributed by atoms with Crippen LogP contribution in [0.3, 0.4) is 0 Å². The molecule has 1 rings (SSSR count). The van der Waals surface area contributed by atoms with E-state index in [9.17, 15) is 8.42 Å². The molecule has 0 radical (unpaired) electrons. The molecule has 1 saturated carbocycles. The molecule has 0 bridgehead atoms. The van der Waals surface area contributed by atoms with Crippen LogP contribution >= 0.6 is 0 Å². The van der Waals surface area contributed by atoms with Crippen LogP contribution in [0, 0.1) is 5.41 Å². The molecule has 1 aliphatic carbocycles. The van der Waals surface area contributed by atoms with Crippen molar-refractivity contribution in [3.8, 4) is 0 Å². The maximum absolute atomic E-state index is 11.6. The van der Waals surface area contributed by atoms with Gasteiger partial charge in [-0.15, -0.1) is 0 Å². The summed E-state index contributed by atoms with van der Waals surface area (Å²) < 4.78 is 25.9. The predicted molar refractivity (Wildman–Crippen MR) is 57.4 cm³/mol. The van der Waals surface area contributed by atoms with Gasteiger partial charge in [0, 0.05) is 12.1 Å². The summed E-state index contributed by atoms with van der Waals surface area (Å²) in [6.45, 7) is 5.75. The highest BCUT2D eigenvalue weighted by molar-refractivity contribution is 7.89. The second kappa shape index (κ2) is 3.79. The summed E-state index contributed by atoms with van der Waals surface area (Å²) in [4.78, 5) is 0. The average molecular weight is 220 g/mol. The van der Waals surface area contributed by atoms with Gasteiger partial charge in [-0.25, -0.2) is 13.1 Å². The SMILES string of the molecule is CC(C)(C)CS(=O)(=O)NC1CC(N)C1. The lowest BCUT2D eigenvalue weighted by Gasteiger charge is -2.33. The minimum Gasteiger partial charge on any atom is -0.328 e. The summed E-state index contributed by atoms with van der Waals surface area (Å²) >= 11 is 0. The van der Waals surface area contributed by atoms with Crippen molar-refractivity contribution in [3.63, 3.8) is 0 Å². The summed E-state index contributed by atoms with van der Waals surface area (Å²) in [7, 11) is -3.13. The molecule has 0 aliphatic heterocycles. The molecule has 4 nitrogen and oxygen atoms in total. The van der Waals surface area contributed by atoms with Crippen LogP contribution in [0.4, 0.5) is 0 Å². The smallest absolute Gasteiger partial charge is 0.212 e. The van der Waals surface area contributed by atoms with Crippen LogP contribution in [0.2, 0.25) is 0 Å². The van der Waals surface area contributed by atoms with Crippen molar-refractivity contribution >= 4 is 10.0 Å². The van der Waals surface area contributed by atoms with E-state index in [1.54, 1.807) is 0 Å². The zero-order chi connectivity index (χ0) is 11.0. The maximum atomic E-state index is 11.6. The molecule has 14 heavy (non-hydrogen) atoms. The molecule has 0 atom stereocenters. The highest BCUT2D eigenvalue weighted by Crippen LogP contribution is 2.21. The van der Waals surface area contributed by atoms with Crippen molar-refractivity contribution in [2.45, 2.75) is 45.7 Å². The first-order valence-electron chi connectivity index (χ1n) is 4.93. The van der Waals surface area contributed by atoms with Crippen molar-refractivity contribution < 1.29 is 8.42 Å². The van der Waals surface area contributed by atoms with E-state index in [2.05, 4.69) is 4.72 Å². The quantitative estimate of drug-likeness (QED) is 0.725. The number of nitrogens with two attached hydrogens (primary N) is 1. The summed E-state index contributed by atoms with van der Waals surface area (Å²) in [5.41, 5.74) is 5.38. The van der Waals surface area contributed by atoms with Gasteiger partial charge in [-0.05, 0) is 18.3 Å². The Morgan fingerprint density at radius 2 is 1.86 bits per heavy atom. The van der Waals surface area contributed by atoms with Gasteiger partial charge in [0.05, 0.1) is 5.75 Å². The Bertz CT molecular complexity index is 286. The zero-order valence-corrected chi connectivity index (χ0v) is 9.89. The normalized spacial score (nSPS) is 28.6. The van der Waals surface area contributed by atoms with E-state index in [0.29, 0.717) is 0 Å². The topological polar surface area (TPSA) is 72.2 Å². The predicted octanol–water partition coefficient (Wildman–Crippen LogP) is 0.442. The lowest BCUT2D eigenvalue weighted by atomic mass is 9.89. The number of rotatable bonds is 3. The van der Waals surface area contributed by atoms with Crippen LogP contribution in [-0.2, 0) is 10.0 Å². The summed E-state index contributed by atoms with van der Waals surface area (Å²) in [6.07, 6.45) is 1.53. The van der Waals surface area contributed by atoms with Gasteiger partial charge in [0.25, 0.3) is 0 Å². The standard InChI is InChI=1S/C9H20N2O2S/c1-9(2,3)6-14(12,13)11-8-4-7(10)5-8/h7-8,11H,4-6,10H2,1-3H3. The van der Waals surface area contributed by atoms with Gasteiger partial charge in [0.15, 0.2) is 0 Å². The van der Waals surface area contributed by atoms with E-state index in [1.807, 2.05) is 20.8 Å². The van der Waals surface area contributed by atoms with Crippen molar-refractivity contribution in [2.24, 2.45) is 11.1 Å². The Morgan fingerprint density at radius 1 is 1.36 bits per heavy atom. The fourth-order valence-electron chi connectivity index (χ4n) is 1.62. The van der Waals surface area contributed by atoms with Crippen LogP contribution in [0.15, 0.2) is 0 Å². The molecule has 1 aliphatic rings. The summed E-state index contributed by atoms with van der Waals surface area (Å²) in [6, 6.07) is 0.245. The number of nitrogens with one attached hydrogen (secondary N) is 1. The van der Waals surface area contributed by atoms with Crippen LogP contribution in [0.1, 0.15) is 33.6 Å². The maximum Gasteiger partial charge on any atom is 0.212 e. The van der Waals surface area contributed by atoms with Crippen molar-refractivity contribution in [1.82, 2.24) is 4.72 Å². The van der Waals surface area contributed by atoms with Crippen LogP contribution in [-0.4, -0.2) is 26.3 Å². The van der Waals surface area contributed by atoms with E-state index in [1.165, 1.54) is 0 Å². The third-order valence-corrected chi connectivity index (χ3v) is 4.08. The van der Waals surface area contributed by atoms with Gasteiger partial charge in [0.2, 0.25) is 10.0 Å². The van der Waals surface area contributed by atoms with Gasteiger partial charge in [-0.1, -0.05) is 20.8 Å². The molecule has 5 heteroatoms. The summed E-state index contributed by atoms with van der Waals surface area (Å²) in [5, 5.41) is 0. The highest BCUT2D eigenvalue weighted by Gasteiger charge is 2.31. The molecule has 1 fully saturated rings. The fraction of sp³-hybridized carbons (Fsp3) is 1.00. The lowest BCUT2D eigenvalue weighted by Crippen LogP contribution is -2.51. The second-order valence-corrected chi connectivity index (χ2v) is 7.12. The Hall–Kier alpha value is -0.130. The van der Waals surface area contributed by atoms with E-state index < -0.39 is 10.0 Å². The first kappa shape index (κ1) is 11.9. The minimum absolute atomic E-state index is 0.0670. The second-order valence-electron chi connectivity index (χ2n) is 5.37. The minimum atomic E-state index is -3.13. The van der Waals surface area contributed by atoms with Crippen molar-refractivity contribution in [2.75, 3.05) is 5.75 Å². The molecule has 0 spiro atoms. The van der Waals surface area contributed by atoms with Gasteiger partial charge in [-0.3, -0.25) is 0 Å². The molecule has 0 aromatic heterocycles. The Kier molecular flexibility index (Phi) is 3.23. The molecule has 0 unspecified atom stereocenters. The van der Waals surface area contributed by atoms with E-state index in [0.717, 1.165) is 12.8 Å². The molecule has 84 valence electrons. The largest absolute Gasteiger partial charge is 0.328 e. The van der Waals surface area contributed by atoms with Crippen LogP contribution < -0.4 is 10.5 Å². The van der Waals surface area contributed by atoms with Crippen LogP contribution in [0.5, 0.6) is 0 Å². The number of hydrogen-bond donors (Lipinski definition) is 2. The molecular weight excluding hydrogens is 200 g/mol. The van der Waals surface area contributed by atoms with E-state index in [4.69, 9.17) is 5.73 Å². The highest BCUT2D eigenvalue weighted by atomic mass is 32.2. The molecule has 0 aromatic rings. The van der Waals surface area contributed by atoms with Crippen LogP contribution in [0.25, 0.3) is 0 Å². The zero-order valence-electron chi connectivity index (χ0n) is 9.08. The van der Waals surface area contributed by atoms with Gasteiger partial charge >= 0.3 is 0 Å². The first-order valence-corrected chi connectivity index (χ1v) is 6.59. The lowest BCUT2D eigenvalue weighted by molar-refractivity contribution is 0.325. The third-order valence-electron chi connectivity index (χ3n) is 2.14. The number of sulfonamides is 1. The molecule has 0 heterocycles. The molecule has 0 amide bonds. The van der Waals surface area contributed by atoms with E-state index in [-0.39, 0.29) is 23.3 Å².